The van der Waals surface area contributed by atoms with Gasteiger partial charge in [0.2, 0.25) is 5.78 Å². The number of allylic oxidation sites excluding steroid dienone is 2. The van der Waals surface area contributed by atoms with Crippen LogP contribution in [0, 0.1) is 12.3 Å². The first-order valence-corrected chi connectivity index (χ1v) is 20.8. The molecule has 0 amide bonds. The van der Waals surface area contributed by atoms with Gasteiger partial charge in [0.15, 0.2) is 0 Å². The molecule has 4 aromatic rings. The molecule has 53 heavy (non-hydrogen) atoms. The first-order valence-electron chi connectivity index (χ1n) is 17.7. The number of fused-ring (bicyclic) bond motifs is 8. The van der Waals surface area contributed by atoms with E-state index in [-0.39, 0.29) is 35.4 Å². The molecule has 3 aliphatic carbocycles. The minimum absolute atomic E-state index is 0.0827. The number of nitrogens with zero attached hydrogens (tertiary/aromatic N) is 1. The van der Waals surface area contributed by atoms with Crippen molar-refractivity contribution in [1.82, 2.24) is 4.31 Å². The summed E-state index contributed by atoms with van der Waals surface area (Å²) in [5.74, 6) is -0.881. The maximum atomic E-state index is 14.3. The summed E-state index contributed by atoms with van der Waals surface area (Å²) < 4.78 is 72.5. The smallest absolute Gasteiger partial charge is 0.406 e. The molecule has 1 fully saturated rings. The maximum absolute atomic E-state index is 14.3. The van der Waals surface area contributed by atoms with Crippen LogP contribution in [0.5, 0.6) is 5.75 Å². The van der Waals surface area contributed by atoms with Crippen LogP contribution in [-0.2, 0) is 23.0 Å². The molecule has 2 heterocycles. The number of aliphatic hydroxyl groups is 2. The van der Waals surface area contributed by atoms with Crippen LogP contribution in [0.4, 0.5) is 13.2 Å². The minimum atomic E-state index is -4.87. The summed E-state index contributed by atoms with van der Waals surface area (Å²) in [4.78, 5) is 15.8. The van der Waals surface area contributed by atoms with Crippen molar-refractivity contribution < 1.29 is 41.3 Å². The molecule has 0 unspecified atom stereocenters. The topological polar surface area (TPSA) is 104 Å². The van der Waals surface area contributed by atoms with E-state index in [1.54, 1.807) is 11.4 Å². The third-order valence-electron chi connectivity index (χ3n) is 10.9. The Balaban J connectivity index is 1.43. The largest absolute Gasteiger partial charge is 0.573 e. The number of aryl methyl sites for hydroxylation is 1. The standard InChI is InChI=1S/C40H44F3NO6S3/c1-26-6-4-19-38(3)34(32-16-12-29(22-30(45)13-8-26)23-33(32)37(46)35-17-9-27(2)52-35)18-20-39(38,47)25-44(53(48,49)36-7-5-21-51-36)24-28-10-14-31(15-11-28)50-40(41,42)43/h5-7,9-12,14-17,21,23,30,34,45,47H,4,8,13,18-20,22,24-25H2,1-3H3/t30-,34-,38-,39+/m0/s1. The number of aliphatic hydroxyl groups excluding tert-OH is 1. The van der Waals surface area contributed by atoms with E-state index in [0.717, 1.165) is 45.0 Å². The van der Waals surface area contributed by atoms with Gasteiger partial charge in [0.25, 0.3) is 10.0 Å². The molecule has 0 saturated heterocycles. The van der Waals surface area contributed by atoms with E-state index in [9.17, 15) is 36.6 Å². The molecule has 1 saturated carbocycles. The van der Waals surface area contributed by atoms with E-state index in [2.05, 4.69) is 10.8 Å². The lowest BCUT2D eigenvalue weighted by Crippen LogP contribution is -2.53. The van der Waals surface area contributed by atoms with E-state index in [0.29, 0.717) is 54.5 Å². The normalized spacial score (nSPS) is 24.1. The van der Waals surface area contributed by atoms with Gasteiger partial charge >= 0.3 is 6.36 Å². The highest BCUT2D eigenvalue weighted by Gasteiger charge is 2.58. The Morgan fingerprint density at radius 3 is 2.45 bits per heavy atom. The highest BCUT2D eigenvalue weighted by molar-refractivity contribution is 7.91. The third kappa shape index (κ3) is 8.66. The minimum Gasteiger partial charge on any atom is -0.406 e. The van der Waals surface area contributed by atoms with E-state index in [4.69, 9.17) is 0 Å². The fraction of sp³-hybridized carbons (Fsp3) is 0.425. The van der Waals surface area contributed by atoms with Crippen molar-refractivity contribution in [3.63, 3.8) is 0 Å². The number of halogens is 3. The molecule has 284 valence electrons. The van der Waals surface area contributed by atoms with Crippen molar-refractivity contribution in [1.29, 1.82) is 0 Å². The van der Waals surface area contributed by atoms with E-state index >= 15 is 0 Å². The average Bonchev–Trinajstić information content (AvgIpc) is 3.84. The van der Waals surface area contributed by atoms with Gasteiger partial charge < -0.3 is 14.9 Å². The van der Waals surface area contributed by atoms with Gasteiger partial charge in [-0.2, -0.15) is 4.31 Å². The van der Waals surface area contributed by atoms with Crippen LogP contribution in [0.1, 0.15) is 95.1 Å². The predicted molar refractivity (Wildman–Crippen MR) is 201 cm³/mol. The van der Waals surface area contributed by atoms with Gasteiger partial charge in [-0.3, -0.25) is 4.79 Å². The number of carbonyl (C=O) groups is 1. The zero-order valence-corrected chi connectivity index (χ0v) is 32.3. The lowest BCUT2D eigenvalue weighted by molar-refractivity contribution is -0.274. The molecule has 2 aromatic carbocycles. The van der Waals surface area contributed by atoms with Gasteiger partial charge in [-0.15, -0.1) is 35.8 Å². The van der Waals surface area contributed by atoms with Gasteiger partial charge in [-0.1, -0.05) is 48.9 Å². The summed E-state index contributed by atoms with van der Waals surface area (Å²) in [5.41, 5.74) is 1.20. The Morgan fingerprint density at radius 1 is 1.04 bits per heavy atom. The number of hydrogen-bond donors (Lipinski definition) is 2. The zero-order valence-electron chi connectivity index (χ0n) is 29.9. The number of hydrogen-bond acceptors (Lipinski definition) is 8. The number of sulfonamides is 1. The van der Waals surface area contributed by atoms with Crippen LogP contribution in [0.2, 0.25) is 0 Å². The SMILES string of the molecule is CC1=CCC[C@@]2(C)[C@@H](CC[C@@]2(O)CN(Cc2ccc(OC(F)(F)F)cc2)S(=O)(=O)c2cccs2)c2ccc(cc2C(=O)c2ccc(C)s2)C[C@@H](O)CC1. The third-order valence-corrected chi connectivity index (χ3v) is 15.1. The molecule has 4 atom stereocenters. The molecule has 0 spiro atoms. The monoisotopic (exact) mass is 787 g/mol. The second kappa shape index (κ2) is 15.4. The van der Waals surface area contributed by atoms with Crippen LogP contribution in [0.25, 0.3) is 0 Å². The fourth-order valence-corrected chi connectivity index (χ4v) is 11.4. The molecule has 3 aliphatic rings. The second-order valence-electron chi connectivity index (χ2n) is 14.6. The first kappa shape index (κ1) is 39.4. The zero-order chi connectivity index (χ0) is 38.2. The van der Waals surface area contributed by atoms with Crippen LogP contribution < -0.4 is 4.74 Å². The Morgan fingerprint density at radius 2 is 1.79 bits per heavy atom. The number of benzene rings is 2. The number of ketones is 1. The molecule has 2 aromatic heterocycles. The number of ether oxygens (including phenoxy) is 1. The molecule has 13 heteroatoms. The average molecular weight is 788 g/mol. The lowest BCUT2D eigenvalue weighted by atomic mass is 9.65. The lowest BCUT2D eigenvalue weighted by Gasteiger charge is -2.46. The Labute approximate surface area is 316 Å². The van der Waals surface area contributed by atoms with Gasteiger partial charge in [-0.25, -0.2) is 8.42 Å². The van der Waals surface area contributed by atoms with Gasteiger partial charge in [0.05, 0.1) is 16.6 Å². The Bertz CT molecular complexity index is 2060. The maximum Gasteiger partial charge on any atom is 0.573 e. The Kier molecular flexibility index (Phi) is 11.5. The second-order valence-corrected chi connectivity index (χ2v) is 19.0. The summed E-state index contributed by atoms with van der Waals surface area (Å²) in [7, 11) is -4.16. The number of alkyl halides is 3. The predicted octanol–water partition coefficient (Wildman–Crippen LogP) is 9.18. The van der Waals surface area contributed by atoms with Crippen LogP contribution in [0.3, 0.4) is 0 Å². The summed E-state index contributed by atoms with van der Waals surface area (Å²) in [5, 5.41) is 25.5. The first-order chi connectivity index (χ1) is 25.0. The molecule has 7 nitrogen and oxygen atoms in total. The molecular formula is C40H44F3NO6S3. The Hall–Kier alpha value is -3.33. The summed E-state index contributed by atoms with van der Waals surface area (Å²) in [6.45, 7) is 5.47. The van der Waals surface area contributed by atoms with Crippen molar-refractivity contribution in [3.8, 4) is 5.75 Å². The van der Waals surface area contributed by atoms with Gasteiger partial charge in [0.1, 0.15) is 9.96 Å². The number of rotatable bonds is 9. The van der Waals surface area contributed by atoms with Crippen molar-refractivity contribution >= 4 is 38.5 Å². The number of carbonyl (C=O) groups excluding carboxylic acids is 1. The van der Waals surface area contributed by atoms with Crippen molar-refractivity contribution in [2.24, 2.45) is 5.41 Å². The van der Waals surface area contributed by atoms with Crippen molar-refractivity contribution in [2.75, 3.05) is 6.54 Å². The van der Waals surface area contributed by atoms with Crippen LogP contribution >= 0.6 is 22.7 Å². The van der Waals surface area contributed by atoms with Crippen molar-refractivity contribution in [3.05, 3.63) is 116 Å². The quantitative estimate of drug-likeness (QED) is 0.130. The van der Waals surface area contributed by atoms with Crippen LogP contribution in [-0.4, -0.2) is 53.3 Å². The molecule has 0 aliphatic heterocycles. The van der Waals surface area contributed by atoms with E-state index in [1.807, 2.05) is 51.1 Å². The highest BCUT2D eigenvalue weighted by atomic mass is 32.2. The molecular weight excluding hydrogens is 744 g/mol. The summed E-state index contributed by atoms with van der Waals surface area (Å²) >= 11 is 2.46. The summed E-state index contributed by atoms with van der Waals surface area (Å²) in [6.07, 6.45) is 0.0976. The van der Waals surface area contributed by atoms with Crippen molar-refractivity contribution in [2.45, 2.75) is 100 Å². The van der Waals surface area contributed by atoms with Gasteiger partial charge in [-0.05, 0) is 123 Å². The molecule has 7 rings (SSSR count). The number of thiophene rings is 2. The van der Waals surface area contributed by atoms with Gasteiger partial charge in [0, 0.05) is 28.9 Å². The fourth-order valence-electron chi connectivity index (χ4n) is 7.94. The molecule has 0 radical (unpaired) electrons. The van der Waals surface area contributed by atoms with E-state index in [1.165, 1.54) is 33.8 Å². The summed E-state index contributed by atoms with van der Waals surface area (Å²) in [6, 6.07) is 17.7. The highest BCUT2D eigenvalue weighted by Crippen LogP contribution is 2.59. The van der Waals surface area contributed by atoms with Crippen LogP contribution in [0.15, 0.2) is 88.0 Å². The molecule has 2 N–H and O–H groups in total. The van der Waals surface area contributed by atoms with E-state index < -0.39 is 39.3 Å². The molecule has 2 bridgehead atoms.